The summed E-state index contributed by atoms with van der Waals surface area (Å²) in [5.74, 6) is 1.23. The maximum absolute atomic E-state index is 6.28. The lowest BCUT2D eigenvalue weighted by Crippen LogP contribution is -1.92. The molecule has 6 heteroatoms. The molecule has 0 saturated heterocycles. The van der Waals surface area contributed by atoms with E-state index in [0.717, 1.165) is 22.6 Å². The van der Waals surface area contributed by atoms with Crippen LogP contribution in [-0.4, -0.2) is 28.2 Å². The highest BCUT2D eigenvalue weighted by Gasteiger charge is 2.14. The van der Waals surface area contributed by atoms with Gasteiger partial charge in [-0.15, -0.1) is 0 Å². The molecule has 0 spiro atoms. The lowest BCUT2D eigenvalue weighted by atomic mass is 10.1. The van der Waals surface area contributed by atoms with Crippen LogP contribution in [0.15, 0.2) is 61.2 Å². The van der Waals surface area contributed by atoms with Crippen LogP contribution in [0.3, 0.4) is 0 Å². The molecule has 126 valence electrons. The largest absolute Gasteiger partial charge is 0.496 e. The van der Waals surface area contributed by atoms with E-state index in [-0.39, 0.29) is 0 Å². The maximum Gasteiger partial charge on any atom is 0.141 e. The minimum absolute atomic E-state index is 0.517. The molecule has 3 heterocycles. The molecule has 0 N–H and O–H groups in total. The number of nitrogens with zero attached hydrogens (tertiary/aromatic N) is 3. The van der Waals surface area contributed by atoms with Crippen LogP contribution in [0, 0.1) is 0 Å². The van der Waals surface area contributed by atoms with Crippen molar-refractivity contribution in [2.45, 2.75) is 0 Å². The highest BCUT2D eigenvalue weighted by molar-refractivity contribution is 6.32. The van der Waals surface area contributed by atoms with E-state index in [0.29, 0.717) is 16.5 Å². The number of benzene rings is 1. The Morgan fingerprint density at radius 3 is 2.44 bits per heavy atom. The van der Waals surface area contributed by atoms with Crippen LogP contribution in [0.5, 0.6) is 11.5 Å². The van der Waals surface area contributed by atoms with Crippen LogP contribution in [0.1, 0.15) is 0 Å². The highest BCUT2D eigenvalue weighted by atomic mass is 35.5. The summed E-state index contributed by atoms with van der Waals surface area (Å²) in [6.07, 6.45) is 7.94. The van der Waals surface area contributed by atoms with Gasteiger partial charge in [0.05, 0.1) is 30.6 Å². The van der Waals surface area contributed by atoms with E-state index in [4.69, 9.17) is 26.1 Å². The molecule has 25 heavy (non-hydrogen) atoms. The molecule has 5 nitrogen and oxygen atoms in total. The second kappa shape index (κ2) is 6.18. The third-order valence-electron chi connectivity index (χ3n) is 4.10. The first-order valence-corrected chi connectivity index (χ1v) is 8.11. The molecule has 3 aromatic heterocycles. The third-order valence-corrected chi connectivity index (χ3v) is 4.39. The van der Waals surface area contributed by atoms with Crippen LogP contribution in [0.4, 0.5) is 0 Å². The fraction of sp³-hybridized carbons (Fsp3) is 0.105. The second-order valence-corrected chi connectivity index (χ2v) is 5.96. The van der Waals surface area contributed by atoms with Gasteiger partial charge in [0.2, 0.25) is 0 Å². The molecule has 0 saturated carbocycles. The van der Waals surface area contributed by atoms with E-state index in [2.05, 4.69) is 0 Å². The average Bonchev–Trinajstić information content (AvgIpc) is 3.30. The van der Waals surface area contributed by atoms with Crippen molar-refractivity contribution >= 4 is 17.2 Å². The molecule has 0 aliphatic rings. The lowest BCUT2D eigenvalue weighted by Gasteiger charge is -2.10. The molecular weight excluding hydrogens is 338 g/mol. The Morgan fingerprint density at radius 2 is 1.72 bits per heavy atom. The van der Waals surface area contributed by atoms with Gasteiger partial charge in [0.25, 0.3) is 0 Å². The zero-order valence-corrected chi connectivity index (χ0v) is 14.6. The van der Waals surface area contributed by atoms with Gasteiger partial charge in [0.1, 0.15) is 17.1 Å². The molecule has 0 fully saturated rings. The van der Waals surface area contributed by atoms with Crippen LogP contribution in [0.25, 0.3) is 22.6 Å². The Balaban J connectivity index is 1.83. The van der Waals surface area contributed by atoms with E-state index in [9.17, 15) is 0 Å². The Bertz CT molecular complexity index is 1040. The maximum atomic E-state index is 6.28. The van der Waals surface area contributed by atoms with Gasteiger partial charge in [-0.3, -0.25) is 0 Å². The smallest absolute Gasteiger partial charge is 0.141 e. The van der Waals surface area contributed by atoms with E-state index in [1.54, 1.807) is 20.3 Å². The number of fused-ring (bicyclic) bond motifs is 1. The van der Waals surface area contributed by atoms with Crippen LogP contribution >= 0.6 is 11.6 Å². The molecule has 1 aromatic carbocycles. The monoisotopic (exact) mass is 353 g/mol. The SMILES string of the molecule is COc1cc(OC)c(-c2cn3ccc(-n4cccc4)cc3n2)cc1Cl. The summed E-state index contributed by atoms with van der Waals surface area (Å²) in [7, 11) is 3.19. The Labute approximate surface area is 150 Å². The van der Waals surface area contributed by atoms with Gasteiger partial charge in [0.15, 0.2) is 0 Å². The molecule has 0 radical (unpaired) electrons. The van der Waals surface area contributed by atoms with Gasteiger partial charge in [0, 0.05) is 42.5 Å². The number of methoxy groups -OCH3 is 2. The molecule has 0 bridgehead atoms. The average molecular weight is 354 g/mol. The number of pyridine rings is 1. The molecule has 0 unspecified atom stereocenters. The van der Waals surface area contributed by atoms with Crippen molar-refractivity contribution in [2.75, 3.05) is 14.2 Å². The van der Waals surface area contributed by atoms with Gasteiger partial charge in [-0.05, 0) is 24.3 Å². The van der Waals surface area contributed by atoms with Gasteiger partial charge in [-0.25, -0.2) is 4.98 Å². The lowest BCUT2D eigenvalue weighted by molar-refractivity contribution is 0.395. The first kappa shape index (κ1) is 15.6. The first-order valence-electron chi connectivity index (χ1n) is 7.73. The predicted molar refractivity (Wildman–Crippen MR) is 98.1 cm³/mol. The minimum Gasteiger partial charge on any atom is -0.496 e. The highest BCUT2D eigenvalue weighted by Crippen LogP contribution is 2.38. The van der Waals surface area contributed by atoms with Crippen molar-refractivity contribution in [3.63, 3.8) is 0 Å². The van der Waals surface area contributed by atoms with E-state index < -0.39 is 0 Å². The molecule has 0 aliphatic carbocycles. The number of hydrogen-bond donors (Lipinski definition) is 0. The van der Waals surface area contributed by atoms with Gasteiger partial charge in [-0.1, -0.05) is 11.6 Å². The zero-order valence-electron chi connectivity index (χ0n) is 13.8. The number of ether oxygens (including phenoxy) is 2. The van der Waals surface area contributed by atoms with Crippen molar-refractivity contribution in [3.05, 3.63) is 66.2 Å². The zero-order chi connectivity index (χ0) is 17.4. The minimum atomic E-state index is 0.517. The summed E-state index contributed by atoms with van der Waals surface area (Å²) in [6, 6.07) is 11.6. The van der Waals surface area contributed by atoms with Gasteiger partial charge < -0.3 is 18.4 Å². The third kappa shape index (κ3) is 2.72. The standard InChI is InChI=1S/C19H16ClN3O2/c1-24-17-11-18(25-2)15(20)10-14(17)16-12-23-8-5-13(9-19(23)21-16)22-6-3-4-7-22/h3-12H,1-2H3. The second-order valence-electron chi connectivity index (χ2n) is 5.55. The van der Waals surface area contributed by atoms with Crippen molar-refractivity contribution in [1.29, 1.82) is 0 Å². The van der Waals surface area contributed by atoms with Gasteiger partial charge in [-0.2, -0.15) is 0 Å². The number of rotatable bonds is 4. The molecule has 0 aliphatic heterocycles. The van der Waals surface area contributed by atoms with E-state index in [1.807, 2.05) is 64.1 Å². The van der Waals surface area contributed by atoms with Crippen LogP contribution < -0.4 is 9.47 Å². The summed E-state index contributed by atoms with van der Waals surface area (Å²) < 4.78 is 14.8. The summed E-state index contributed by atoms with van der Waals surface area (Å²) in [6.45, 7) is 0. The molecule has 4 aromatic rings. The van der Waals surface area contributed by atoms with E-state index >= 15 is 0 Å². The number of aromatic nitrogens is 3. The Hall–Kier alpha value is -2.92. The number of hydrogen-bond acceptors (Lipinski definition) is 3. The predicted octanol–water partition coefficient (Wildman–Crippen LogP) is 4.46. The molecule has 4 rings (SSSR count). The van der Waals surface area contributed by atoms with Crippen molar-refractivity contribution in [3.8, 4) is 28.4 Å². The quantitative estimate of drug-likeness (QED) is 0.543. The summed E-state index contributed by atoms with van der Waals surface area (Å²) in [4.78, 5) is 4.73. The van der Waals surface area contributed by atoms with Crippen LogP contribution in [-0.2, 0) is 0 Å². The summed E-state index contributed by atoms with van der Waals surface area (Å²) >= 11 is 6.28. The fourth-order valence-corrected chi connectivity index (χ4v) is 3.07. The number of imidazole rings is 1. The normalized spacial score (nSPS) is 11.0. The van der Waals surface area contributed by atoms with Crippen molar-refractivity contribution in [2.24, 2.45) is 0 Å². The van der Waals surface area contributed by atoms with Crippen molar-refractivity contribution < 1.29 is 9.47 Å². The Kier molecular flexibility index (Phi) is 3.86. The van der Waals surface area contributed by atoms with E-state index in [1.165, 1.54) is 0 Å². The summed E-state index contributed by atoms with van der Waals surface area (Å²) in [5, 5.41) is 0.517. The summed E-state index contributed by atoms with van der Waals surface area (Å²) in [5.41, 5.74) is 3.50. The molecule has 0 atom stereocenters. The number of halogens is 1. The molecule has 0 amide bonds. The van der Waals surface area contributed by atoms with Crippen LogP contribution in [0.2, 0.25) is 5.02 Å². The fourth-order valence-electron chi connectivity index (χ4n) is 2.83. The topological polar surface area (TPSA) is 40.7 Å². The van der Waals surface area contributed by atoms with Crippen molar-refractivity contribution in [1.82, 2.24) is 14.0 Å². The first-order chi connectivity index (χ1) is 12.2. The molecular formula is C19H16ClN3O2. The van der Waals surface area contributed by atoms with Gasteiger partial charge >= 0.3 is 0 Å². The Morgan fingerprint density at radius 1 is 0.960 bits per heavy atom.